The summed E-state index contributed by atoms with van der Waals surface area (Å²) < 4.78 is 0. The fraction of sp³-hybridized carbons (Fsp3) is 0.286. The molecule has 0 spiro atoms. The number of rotatable bonds is 3. The molecule has 24 heavy (non-hydrogen) atoms. The Kier molecular flexibility index (Phi) is 3.85. The van der Waals surface area contributed by atoms with Gasteiger partial charge >= 0.3 is 0 Å². The van der Waals surface area contributed by atoms with Crippen LogP contribution < -0.4 is 0 Å². The van der Waals surface area contributed by atoms with E-state index >= 15 is 0 Å². The predicted molar refractivity (Wildman–Crippen MR) is 96.9 cm³/mol. The first-order valence-electron chi connectivity index (χ1n) is 8.73. The van der Waals surface area contributed by atoms with E-state index < -0.39 is 0 Å². The first kappa shape index (κ1) is 15.0. The Bertz CT molecular complexity index is 866. The van der Waals surface area contributed by atoms with Gasteiger partial charge in [0.1, 0.15) is 0 Å². The Hall–Kier alpha value is -2.55. The van der Waals surface area contributed by atoms with Crippen LogP contribution in [0.2, 0.25) is 0 Å². The molecule has 0 radical (unpaired) electrons. The predicted octanol–water partition coefficient (Wildman–Crippen LogP) is 4.44. The van der Waals surface area contributed by atoms with Gasteiger partial charge in [-0.1, -0.05) is 55.5 Å². The highest BCUT2D eigenvalue weighted by Gasteiger charge is 2.33. The molecule has 0 saturated heterocycles. The summed E-state index contributed by atoms with van der Waals surface area (Å²) in [5.74, 6) is 0.246. The van der Waals surface area contributed by atoms with Crippen LogP contribution in [-0.4, -0.2) is 22.3 Å². The zero-order valence-electron chi connectivity index (χ0n) is 14.0. The number of aromatic nitrogens is 1. The molecule has 2 heterocycles. The third kappa shape index (κ3) is 2.41. The maximum Gasteiger partial charge on any atom is 0.223 e. The zero-order valence-corrected chi connectivity index (χ0v) is 14.0. The van der Waals surface area contributed by atoms with Crippen molar-refractivity contribution in [3.8, 4) is 0 Å². The molecule has 0 aliphatic carbocycles. The van der Waals surface area contributed by atoms with Crippen molar-refractivity contribution in [3.63, 3.8) is 0 Å². The second kappa shape index (κ2) is 6.16. The lowest BCUT2D eigenvalue weighted by Gasteiger charge is -2.36. The van der Waals surface area contributed by atoms with E-state index in [0.717, 1.165) is 24.9 Å². The zero-order chi connectivity index (χ0) is 16.5. The van der Waals surface area contributed by atoms with Gasteiger partial charge in [0.25, 0.3) is 0 Å². The molecule has 122 valence electrons. The van der Waals surface area contributed by atoms with Crippen LogP contribution in [0.25, 0.3) is 10.9 Å². The number of carbonyl (C=O) groups excluding carboxylic acids is 1. The third-order valence-corrected chi connectivity index (χ3v) is 4.93. The molecule has 2 aromatic carbocycles. The van der Waals surface area contributed by atoms with Crippen LogP contribution in [0.5, 0.6) is 0 Å². The fourth-order valence-corrected chi connectivity index (χ4v) is 3.85. The summed E-state index contributed by atoms with van der Waals surface area (Å²) in [7, 11) is 0. The normalized spacial score (nSPS) is 17.0. The number of para-hydroxylation sites is 1. The summed E-state index contributed by atoms with van der Waals surface area (Å²) >= 11 is 0. The molecule has 4 rings (SSSR count). The van der Waals surface area contributed by atoms with Crippen molar-refractivity contribution >= 4 is 16.8 Å². The van der Waals surface area contributed by atoms with Gasteiger partial charge in [-0.2, -0.15) is 0 Å². The van der Waals surface area contributed by atoms with Crippen LogP contribution >= 0.6 is 0 Å². The largest absolute Gasteiger partial charge is 0.356 e. The van der Waals surface area contributed by atoms with E-state index in [1.165, 1.54) is 22.2 Å². The summed E-state index contributed by atoms with van der Waals surface area (Å²) in [6, 6.07) is 18.8. The lowest BCUT2D eigenvalue weighted by molar-refractivity contribution is -0.133. The number of nitrogens with one attached hydrogen (secondary N) is 1. The molecule has 0 fully saturated rings. The van der Waals surface area contributed by atoms with E-state index in [4.69, 9.17) is 0 Å². The SMILES string of the molecule is CCCC(=O)N1CCc2c([nH]c3ccccc23)[C@@H]1c1ccccc1. The number of fused-ring (bicyclic) bond motifs is 3. The number of amides is 1. The van der Waals surface area contributed by atoms with Gasteiger partial charge in [0, 0.05) is 29.6 Å². The monoisotopic (exact) mass is 318 g/mol. The van der Waals surface area contributed by atoms with E-state index in [-0.39, 0.29) is 11.9 Å². The highest BCUT2D eigenvalue weighted by atomic mass is 16.2. The number of nitrogens with zero attached hydrogens (tertiary/aromatic N) is 1. The Morgan fingerprint density at radius 1 is 1.12 bits per heavy atom. The molecule has 0 unspecified atom stereocenters. The molecular weight excluding hydrogens is 296 g/mol. The molecule has 1 aliphatic rings. The average molecular weight is 318 g/mol. The maximum atomic E-state index is 12.7. The van der Waals surface area contributed by atoms with Gasteiger partial charge in [-0.25, -0.2) is 0 Å². The number of hydrogen-bond donors (Lipinski definition) is 1. The number of carbonyl (C=O) groups is 1. The molecular formula is C21H22N2O. The highest BCUT2D eigenvalue weighted by molar-refractivity contribution is 5.86. The lowest BCUT2D eigenvalue weighted by atomic mass is 9.92. The Labute approximate surface area is 142 Å². The van der Waals surface area contributed by atoms with Crippen molar-refractivity contribution in [2.24, 2.45) is 0 Å². The molecule has 1 aromatic heterocycles. The van der Waals surface area contributed by atoms with Crippen LogP contribution in [0.4, 0.5) is 0 Å². The van der Waals surface area contributed by atoms with Crippen molar-refractivity contribution in [2.75, 3.05) is 6.54 Å². The van der Waals surface area contributed by atoms with Crippen LogP contribution in [0.3, 0.4) is 0 Å². The van der Waals surface area contributed by atoms with Gasteiger partial charge in [-0.15, -0.1) is 0 Å². The van der Waals surface area contributed by atoms with Crippen LogP contribution in [0.1, 0.15) is 42.6 Å². The Morgan fingerprint density at radius 3 is 2.67 bits per heavy atom. The van der Waals surface area contributed by atoms with Gasteiger partial charge < -0.3 is 9.88 Å². The molecule has 3 aromatic rings. The number of hydrogen-bond acceptors (Lipinski definition) is 1. The quantitative estimate of drug-likeness (QED) is 0.761. The van der Waals surface area contributed by atoms with E-state index in [1.807, 2.05) is 6.07 Å². The van der Waals surface area contributed by atoms with Crippen molar-refractivity contribution < 1.29 is 4.79 Å². The third-order valence-electron chi connectivity index (χ3n) is 4.93. The minimum atomic E-state index is -0.0126. The van der Waals surface area contributed by atoms with Gasteiger partial charge in [-0.05, 0) is 30.0 Å². The first-order chi connectivity index (χ1) is 11.8. The lowest BCUT2D eigenvalue weighted by Crippen LogP contribution is -2.40. The summed E-state index contributed by atoms with van der Waals surface area (Å²) in [5, 5.41) is 1.29. The molecule has 0 bridgehead atoms. The van der Waals surface area contributed by atoms with Gasteiger partial charge in [0.05, 0.1) is 6.04 Å². The Balaban J connectivity index is 1.87. The van der Waals surface area contributed by atoms with E-state index in [1.54, 1.807) is 0 Å². The summed E-state index contributed by atoms with van der Waals surface area (Å²) in [4.78, 5) is 18.4. The molecule has 0 saturated carbocycles. The smallest absolute Gasteiger partial charge is 0.223 e. The molecule has 3 heteroatoms. The van der Waals surface area contributed by atoms with Crippen molar-refractivity contribution in [1.29, 1.82) is 0 Å². The average Bonchev–Trinajstić information content (AvgIpc) is 3.00. The minimum Gasteiger partial charge on any atom is -0.356 e. The van der Waals surface area contributed by atoms with Gasteiger partial charge in [-0.3, -0.25) is 4.79 Å². The number of benzene rings is 2. The summed E-state index contributed by atoms with van der Waals surface area (Å²) in [6.07, 6.45) is 2.41. The van der Waals surface area contributed by atoms with E-state index in [2.05, 4.69) is 65.3 Å². The standard InChI is InChI=1S/C21H22N2O/c1-2-8-19(24)23-14-13-17-16-11-6-7-12-18(16)22-20(17)21(23)15-9-4-3-5-10-15/h3-7,9-12,21-22H,2,8,13-14H2,1H3/t21-/m0/s1. The molecule has 1 N–H and O–H groups in total. The first-order valence-corrected chi connectivity index (χ1v) is 8.73. The molecule has 1 aliphatic heterocycles. The van der Waals surface area contributed by atoms with Crippen LogP contribution in [0.15, 0.2) is 54.6 Å². The second-order valence-electron chi connectivity index (χ2n) is 6.46. The maximum absolute atomic E-state index is 12.7. The summed E-state index contributed by atoms with van der Waals surface area (Å²) in [5.41, 5.74) is 4.88. The molecule has 3 nitrogen and oxygen atoms in total. The van der Waals surface area contributed by atoms with Crippen molar-refractivity contribution in [2.45, 2.75) is 32.2 Å². The highest BCUT2D eigenvalue weighted by Crippen LogP contribution is 2.38. The topological polar surface area (TPSA) is 36.1 Å². The number of aromatic amines is 1. The molecule has 1 amide bonds. The van der Waals surface area contributed by atoms with Crippen molar-refractivity contribution in [3.05, 3.63) is 71.4 Å². The van der Waals surface area contributed by atoms with Crippen molar-refractivity contribution in [1.82, 2.24) is 9.88 Å². The summed E-state index contributed by atoms with van der Waals surface area (Å²) in [6.45, 7) is 2.85. The number of H-pyrrole nitrogens is 1. The van der Waals surface area contributed by atoms with E-state index in [0.29, 0.717) is 6.42 Å². The van der Waals surface area contributed by atoms with E-state index in [9.17, 15) is 4.79 Å². The van der Waals surface area contributed by atoms with Crippen LogP contribution in [-0.2, 0) is 11.2 Å². The Morgan fingerprint density at radius 2 is 1.88 bits per heavy atom. The second-order valence-corrected chi connectivity index (χ2v) is 6.46. The molecule has 1 atom stereocenters. The van der Waals surface area contributed by atoms with Gasteiger partial charge in [0.2, 0.25) is 5.91 Å². The van der Waals surface area contributed by atoms with Gasteiger partial charge in [0.15, 0.2) is 0 Å². The van der Waals surface area contributed by atoms with Crippen LogP contribution in [0, 0.1) is 0 Å². The fourth-order valence-electron chi connectivity index (χ4n) is 3.85. The minimum absolute atomic E-state index is 0.0126.